The summed E-state index contributed by atoms with van der Waals surface area (Å²) in [6, 6.07) is 0. The average Bonchev–Trinajstić information content (AvgIpc) is 3.09. The maximum atomic E-state index is 5.52. The topological polar surface area (TPSA) is 45.7 Å². The number of methoxy groups -OCH3 is 1. The number of hydrogen-bond acceptors (Lipinski definition) is 2. The Bertz CT molecular complexity index is 272. The molecule has 0 saturated heterocycles. The number of nitrogens with zero attached hydrogens (tertiary/aromatic N) is 1. The third kappa shape index (κ3) is 7.97. The van der Waals surface area contributed by atoms with E-state index in [1.165, 1.54) is 19.3 Å². The summed E-state index contributed by atoms with van der Waals surface area (Å²) in [5, 5.41) is 6.69. The molecule has 0 bridgehead atoms. The first-order chi connectivity index (χ1) is 8.47. The molecule has 1 fully saturated rings. The molecule has 1 aliphatic rings. The third-order valence-corrected chi connectivity index (χ3v) is 3.47. The van der Waals surface area contributed by atoms with Crippen molar-refractivity contribution in [1.82, 2.24) is 10.6 Å². The number of hydrogen-bond donors (Lipinski definition) is 2. The van der Waals surface area contributed by atoms with Crippen LogP contribution < -0.4 is 10.6 Å². The molecule has 19 heavy (non-hydrogen) atoms. The van der Waals surface area contributed by atoms with Crippen LogP contribution >= 0.6 is 24.0 Å². The van der Waals surface area contributed by atoms with Crippen molar-refractivity contribution in [2.75, 3.05) is 27.2 Å². The van der Waals surface area contributed by atoms with Gasteiger partial charge in [-0.25, -0.2) is 0 Å². The average molecular weight is 383 g/mol. The van der Waals surface area contributed by atoms with Gasteiger partial charge in [0.1, 0.15) is 0 Å². The maximum absolute atomic E-state index is 5.52. The Hall–Kier alpha value is -0.0400. The Kier molecular flexibility index (Phi) is 8.98. The van der Waals surface area contributed by atoms with Gasteiger partial charge in [-0.05, 0) is 17.8 Å². The quantitative estimate of drug-likeness (QED) is 0.421. The van der Waals surface area contributed by atoms with Crippen LogP contribution in [0.15, 0.2) is 4.99 Å². The zero-order valence-electron chi connectivity index (χ0n) is 13.0. The Balaban J connectivity index is 0.00000324. The van der Waals surface area contributed by atoms with E-state index in [9.17, 15) is 0 Å². The lowest BCUT2D eigenvalue weighted by Gasteiger charge is -2.30. The van der Waals surface area contributed by atoms with Crippen molar-refractivity contribution >= 4 is 29.9 Å². The normalized spacial score (nSPS) is 17.6. The van der Waals surface area contributed by atoms with Crippen molar-refractivity contribution < 1.29 is 4.74 Å². The standard InChI is InChI=1S/C14H29N3O.HI/c1-14(2,3)12(18-5)10-17-13(15-4)16-9-8-11-6-7-11;/h11-12H,6-10H2,1-5H3,(H2,15,16,17);1H. The predicted molar refractivity (Wildman–Crippen MR) is 92.4 cm³/mol. The number of guanidine groups is 1. The van der Waals surface area contributed by atoms with Gasteiger partial charge in [-0.2, -0.15) is 0 Å². The molecule has 0 aromatic heterocycles. The van der Waals surface area contributed by atoms with Gasteiger partial charge >= 0.3 is 0 Å². The van der Waals surface area contributed by atoms with E-state index >= 15 is 0 Å². The van der Waals surface area contributed by atoms with Crippen molar-refractivity contribution in [1.29, 1.82) is 0 Å². The lowest BCUT2D eigenvalue weighted by molar-refractivity contribution is 0.0205. The van der Waals surface area contributed by atoms with Crippen molar-refractivity contribution in [2.45, 2.75) is 46.1 Å². The highest BCUT2D eigenvalue weighted by Gasteiger charge is 2.24. The first-order valence-corrected chi connectivity index (χ1v) is 6.94. The van der Waals surface area contributed by atoms with Gasteiger partial charge in [0.05, 0.1) is 6.10 Å². The summed E-state index contributed by atoms with van der Waals surface area (Å²) < 4.78 is 5.52. The van der Waals surface area contributed by atoms with E-state index in [4.69, 9.17) is 4.74 Å². The largest absolute Gasteiger partial charge is 0.379 e. The summed E-state index contributed by atoms with van der Waals surface area (Å²) in [5.41, 5.74) is 0.134. The summed E-state index contributed by atoms with van der Waals surface area (Å²) in [6.07, 6.45) is 4.25. The molecule has 114 valence electrons. The molecule has 0 radical (unpaired) electrons. The van der Waals surface area contributed by atoms with Crippen LogP contribution in [0.3, 0.4) is 0 Å². The monoisotopic (exact) mass is 383 g/mol. The first kappa shape index (κ1) is 19.0. The molecule has 0 aliphatic heterocycles. The van der Waals surface area contributed by atoms with E-state index in [0.717, 1.165) is 25.0 Å². The molecule has 0 amide bonds. The molecule has 1 saturated carbocycles. The van der Waals surface area contributed by atoms with Gasteiger partial charge in [0.2, 0.25) is 0 Å². The highest BCUT2D eigenvalue weighted by atomic mass is 127. The molecule has 0 spiro atoms. The SMILES string of the molecule is CN=C(NCCC1CC1)NCC(OC)C(C)(C)C.I. The predicted octanol–water partition coefficient (Wildman–Crippen LogP) is 2.63. The van der Waals surface area contributed by atoms with E-state index in [1.807, 2.05) is 7.05 Å². The van der Waals surface area contributed by atoms with Crippen LogP contribution in [0.2, 0.25) is 0 Å². The van der Waals surface area contributed by atoms with Crippen LogP contribution in [0.4, 0.5) is 0 Å². The number of halogens is 1. The number of rotatable bonds is 6. The van der Waals surface area contributed by atoms with Crippen molar-refractivity contribution in [2.24, 2.45) is 16.3 Å². The fourth-order valence-corrected chi connectivity index (χ4v) is 1.95. The Morgan fingerprint density at radius 3 is 2.37 bits per heavy atom. The summed E-state index contributed by atoms with van der Waals surface area (Å²) in [6.45, 7) is 8.35. The number of ether oxygens (including phenoxy) is 1. The van der Waals surface area contributed by atoms with Gasteiger partial charge in [0.15, 0.2) is 5.96 Å². The second-order valence-electron chi connectivity index (χ2n) is 6.20. The number of nitrogens with one attached hydrogen (secondary N) is 2. The van der Waals surface area contributed by atoms with Crippen molar-refractivity contribution in [3.63, 3.8) is 0 Å². The molecule has 0 heterocycles. The Labute approximate surface area is 135 Å². The molecule has 4 nitrogen and oxygen atoms in total. The van der Waals surface area contributed by atoms with Crippen molar-refractivity contribution in [3.8, 4) is 0 Å². The minimum absolute atomic E-state index is 0. The van der Waals surface area contributed by atoms with E-state index < -0.39 is 0 Å². The summed E-state index contributed by atoms with van der Waals surface area (Å²) in [7, 11) is 3.58. The summed E-state index contributed by atoms with van der Waals surface area (Å²) >= 11 is 0. The Morgan fingerprint density at radius 2 is 1.95 bits per heavy atom. The zero-order valence-corrected chi connectivity index (χ0v) is 15.3. The van der Waals surface area contributed by atoms with E-state index in [0.29, 0.717) is 0 Å². The third-order valence-electron chi connectivity index (χ3n) is 3.47. The molecule has 1 atom stereocenters. The van der Waals surface area contributed by atoms with Gasteiger partial charge < -0.3 is 15.4 Å². The van der Waals surface area contributed by atoms with Gasteiger partial charge in [-0.1, -0.05) is 33.6 Å². The van der Waals surface area contributed by atoms with Gasteiger partial charge in [-0.3, -0.25) is 4.99 Å². The Morgan fingerprint density at radius 1 is 1.32 bits per heavy atom. The maximum Gasteiger partial charge on any atom is 0.191 e. The van der Waals surface area contributed by atoms with Crippen LogP contribution in [-0.4, -0.2) is 39.3 Å². The zero-order chi connectivity index (χ0) is 13.6. The second-order valence-corrected chi connectivity index (χ2v) is 6.20. The van der Waals surface area contributed by atoms with Crippen LogP contribution in [0, 0.1) is 11.3 Å². The molecule has 5 heteroatoms. The second kappa shape index (κ2) is 9.00. The van der Waals surface area contributed by atoms with Gasteiger partial charge in [0, 0.05) is 27.2 Å². The van der Waals surface area contributed by atoms with Crippen LogP contribution in [0.25, 0.3) is 0 Å². The number of aliphatic imine (C=N–C) groups is 1. The molecule has 2 N–H and O–H groups in total. The van der Waals surface area contributed by atoms with E-state index in [1.54, 1.807) is 7.11 Å². The smallest absolute Gasteiger partial charge is 0.191 e. The fraction of sp³-hybridized carbons (Fsp3) is 0.929. The van der Waals surface area contributed by atoms with E-state index in [-0.39, 0.29) is 35.5 Å². The highest BCUT2D eigenvalue weighted by Crippen LogP contribution is 2.31. The minimum Gasteiger partial charge on any atom is -0.379 e. The molecular formula is C14H30IN3O. The van der Waals surface area contributed by atoms with Gasteiger partial charge in [0.25, 0.3) is 0 Å². The molecular weight excluding hydrogens is 353 g/mol. The van der Waals surface area contributed by atoms with Crippen LogP contribution in [0.5, 0.6) is 0 Å². The summed E-state index contributed by atoms with van der Waals surface area (Å²) in [4.78, 5) is 4.23. The fourth-order valence-electron chi connectivity index (χ4n) is 1.95. The highest BCUT2D eigenvalue weighted by molar-refractivity contribution is 14.0. The molecule has 1 aliphatic carbocycles. The molecule has 1 unspecified atom stereocenters. The lowest BCUT2D eigenvalue weighted by Crippen LogP contribution is -2.45. The lowest BCUT2D eigenvalue weighted by atomic mass is 9.89. The molecule has 0 aromatic rings. The molecule has 1 rings (SSSR count). The van der Waals surface area contributed by atoms with E-state index in [2.05, 4.69) is 36.4 Å². The van der Waals surface area contributed by atoms with Gasteiger partial charge in [-0.15, -0.1) is 24.0 Å². The minimum atomic E-state index is 0. The summed E-state index contributed by atoms with van der Waals surface area (Å²) in [5.74, 6) is 1.83. The first-order valence-electron chi connectivity index (χ1n) is 6.94. The van der Waals surface area contributed by atoms with Crippen LogP contribution in [0.1, 0.15) is 40.0 Å². The van der Waals surface area contributed by atoms with Crippen LogP contribution in [-0.2, 0) is 4.74 Å². The molecule has 0 aromatic carbocycles. The van der Waals surface area contributed by atoms with Crippen molar-refractivity contribution in [3.05, 3.63) is 0 Å².